The van der Waals surface area contributed by atoms with Crippen LogP contribution in [0.25, 0.3) is 0 Å². The van der Waals surface area contributed by atoms with Crippen molar-refractivity contribution in [3.63, 3.8) is 0 Å². The number of hydrogen-bond acceptors (Lipinski definition) is 4. The molecular formula is C15H24N4O. The number of nitrogens with zero attached hydrogens (tertiary/aromatic N) is 1. The number of nitrogens with one attached hydrogen (secondary N) is 2. The fourth-order valence-corrected chi connectivity index (χ4v) is 2.64. The molecule has 1 aliphatic heterocycles. The average Bonchev–Trinajstić information content (AvgIpc) is 2.97. The zero-order chi connectivity index (χ0) is 14.4. The molecule has 110 valence electrons. The lowest BCUT2D eigenvalue weighted by molar-refractivity contribution is 0.0946. The molecule has 2 rings (SSSR count). The summed E-state index contributed by atoms with van der Waals surface area (Å²) in [5, 5.41) is 2.99. The van der Waals surface area contributed by atoms with E-state index < -0.39 is 0 Å². The topological polar surface area (TPSA) is 70.4 Å². The summed E-state index contributed by atoms with van der Waals surface area (Å²) >= 11 is 0. The summed E-state index contributed by atoms with van der Waals surface area (Å²) in [5.74, 6) is 5.79. The van der Waals surface area contributed by atoms with Crippen LogP contribution < -0.4 is 16.6 Å². The standard InChI is InChI=1S/C15H24N4O/c1-12(11-19-8-4-5-9-19)10-17-15(20)13-6-2-3-7-14(13)18-16/h2-3,6-7,12,18H,4-5,8-11,16H2,1H3,(H,17,20). The number of hydrogen-bond donors (Lipinski definition) is 3. The summed E-state index contributed by atoms with van der Waals surface area (Å²) < 4.78 is 0. The normalized spacial score (nSPS) is 16.9. The summed E-state index contributed by atoms with van der Waals surface area (Å²) in [6.07, 6.45) is 2.60. The van der Waals surface area contributed by atoms with Crippen LogP contribution in [0.2, 0.25) is 0 Å². The van der Waals surface area contributed by atoms with Gasteiger partial charge in [-0.25, -0.2) is 0 Å². The minimum atomic E-state index is -0.0770. The van der Waals surface area contributed by atoms with Gasteiger partial charge in [-0.3, -0.25) is 10.6 Å². The molecule has 1 amide bonds. The SMILES string of the molecule is CC(CNC(=O)c1ccccc1NN)CN1CCCC1. The van der Waals surface area contributed by atoms with Gasteiger partial charge < -0.3 is 15.6 Å². The predicted molar refractivity (Wildman–Crippen MR) is 81.4 cm³/mol. The lowest BCUT2D eigenvalue weighted by atomic mass is 10.1. The van der Waals surface area contributed by atoms with Gasteiger partial charge in [0.2, 0.25) is 0 Å². The number of carbonyl (C=O) groups excluding carboxylic acids is 1. The highest BCUT2D eigenvalue weighted by atomic mass is 16.1. The van der Waals surface area contributed by atoms with Gasteiger partial charge in [-0.05, 0) is 44.0 Å². The fraction of sp³-hybridized carbons (Fsp3) is 0.533. The van der Waals surface area contributed by atoms with E-state index in [4.69, 9.17) is 5.84 Å². The van der Waals surface area contributed by atoms with Gasteiger partial charge in [0.05, 0.1) is 11.3 Å². The van der Waals surface area contributed by atoms with Crippen molar-refractivity contribution >= 4 is 11.6 Å². The minimum Gasteiger partial charge on any atom is -0.352 e. The number of anilines is 1. The molecule has 0 saturated carbocycles. The maximum absolute atomic E-state index is 12.1. The first-order valence-electron chi connectivity index (χ1n) is 7.27. The van der Waals surface area contributed by atoms with Crippen LogP contribution in [0, 0.1) is 5.92 Å². The van der Waals surface area contributed by atoms with Gasteiger partial charge >= 0.3 is 0 Å². The third-order valence-corrected chi connectivity index (χ3v) is 3.71. The summed E-state index contributed by atoms with van der Waals surface area (Å²) in [6, 6.07) is 7.25. The van der Waals surface area contributed by atoms with Crippen LogP contribution in [-0.4, -0.2) is 37.0 Å². The highest BCUT2D eigenvalue weighted by Crippen LogP contribution is 2.14. The van der Waals surface area contributed by atoms with Gasteiger partial charge in [0.15, 0.2) is 0 Å². The Labute approximate surface area is 120 Å². The molecule has 0 aliphatic carbocycles. The van der Waals surface area contributed by atoms with Crippen LogP contribution in [-0.2, 0) is 0 Å². The smallest absolute Gasteiger partial charge is 0.253 e. The lowest BCUT2D eigenvalue weighted by Crippen LogP contribution is -2.34. The van der Waals surface area contributed by atoms with Crippen LogP contribution in [0.3, 0.4) is 0 Å². The Hall–Kier alpha value is -1.59. The second kappa shape index (κ2) is 7.26. The Morgan fingerprint density at radius 1 is 1.35 bits per heavy atom. The lowest BCUT2D eigenvalue weighted by Gasteiger charge is -2.20. The first kappa shape index (κ1) is 14.8. The maximum atomic E-state index is 12.1. The highest BCUT2D eigenvalue weighted by molar-refractivity contribution is 5.99. The third kappa shape index (κ3) is 3.95. The zero-order valence-electron chi connectivity index (χ0n) is 12.1. The van der Waals surface area contributed by atoms with Gasteiger partial charge in [-0.15, -0.1) is 0 Å². The number of amides is 1. The minimum absolute atomic E-state index is 0.0770. The first-order valence-corrected chi connectivity index (χ1v) is 7.27. The summed E-state index contributed by atoms with van der Waals surface area (Å²) in [5.41, 5.74) is 3.79. The molecule has 20 heavy (non-hydrogen) atoms. The van der Waals surface area contributed by atoms with Crippen molar-refractivity contribution < 1.29 is 4.79 Å². The van der Waals surface area contributed by atoms with E-state index in [-0.39, 0.29) is 5.91 Å². The van der Waals surface area contributed by atoms with E-state index in [0.29, 0.717) is 23.7 Å². The molecule has 0 radical (unpaired) electrons. The number of hydrazine groups is 1. The van der Waals surface area contributed by atoms with E-state index in [0.717, 1.165) is 6.54 Å². The zero-order valence-corrected chi connectivity index (χ0v) is 12.1. The predicted octanol–water partition coefficient (Wildman–Crippen LogP) is 1.43. The van der Waals surface area contributed by atoms with E-state index in [1.807, 2.05) is 12.1 Å². The molecule has 1 aliphatic rings. The molecule has 5 nitrogen and oxygen atoms in total. The van der Waals surface area contributed by atoms with E-state index in [9.17, 15) is 4.79 Å². The molecule has 1 atom stereocenters. The van der Waals surface area contributed by atoms with Crippen molar-refractivity contribution in [3.05, 3.63) is 29.8 Å². The number of carbonyl (C=O) groups is 1. The van der Waals surface area contributed by atoms with Crippen molar-refractivity contribution in [2.45, 2.75) is 19.8 Å². The van der Waals surface area contributed by atoms with E-state index in [2.05, 4.69) is 22.6 Å². The first-order chi connectivity index (χ1) is 9.70. The number of likely N-dealkylation sites (tertiary alicyclic amines) is 1. The Morgan fingerprint density at radius 2 is 2.05 bits per heavy atom. The van der Waals surface area contributed by atoms with Crippen LogP contribution >= 0.6 is 0 Å². The van der Waals surface area contributed by atoms with E-state index in [1.165, 1.54) is 25.9 Å². The van der Waals surface area contributed by atoms with Gasteiger partial charge in [0, 0.05) is 13.1 Å². The molecule has 0 spiro atoms. The summed E-state index contributed by atoms with van der Waals surface area (Å²) in [6.45, 7) is 6.30. The fourth-order valence-electron chi connectivity index (χ4n) is 2.64. The van der Waals surface area contributed by atoms with Crippen LogP contribution in [0.1, 0.15) is 30.1 Å². The van der Waals surface area contributed by atoms with Crippen molar-refractivity contribution in [1.29, 1.82) is 0 Å². The van der Waals surface area contributed by atoms with E-state index >= 15 is 0 Å². The molecule has 1 aromatic rings. The molecular weight excluding hydrogens is 252 g/mol. The second-order valence-electron chi connectivity index (χ2n) is 5.51. The third-order valence-electron chi connectivity index (χ3n) is 3.71. The Morgan fingerprint density at radius 3 is 2.75 bits per heavy atom. The molecule has 1 unspecified atom stereocenters. The number of rotatable bonds is 6. The van der Waals surface area contributed by atoms with Crippen molar-refractivity contribution in [1.82, 2.24) is 10.2 Å². The van der Waals surface area contributed by atoms with Crippen molar-refractivity contribution in [3.8, 4) is 0 Å². The largest absolute Gasteiger partial charge is 0.352 e. The van der Waals surface area contributed by atoms with Crippen molar-refractivity contribution in [2.24, 2.45) is 11.8 Å². The summed E-state index contributed by atoms with van der Waals surface area (Å²) in [7, 11) is 0. The van der Waals surface area contributed by atoms with E-state index in [1.54, 1.807) is 12.1 Å². The van der Waals surface area contributed by atoms with Gasteiger partial charge in [0.25, 0.3) is 5.91 Å². The quantitative estimate of drug-likeness (QED) is 0.543. The average molecular weight is 276 g/mol. The molecule has 0 aromatic heterocycles. The van der Waals surface area contributed by atoms with Gasteiger partial charge in [-0.1, -0.05) is 19.1 Å². The molecule has 0 bridgehead atoms. The highest BCUT2D eigenvalue weighted by Gasteiger charge is 2.16. The van der Waals surface area contributed by atoms with Crippen LogP contribution in [0.5, 0.6) is 0 Å². The number of benzene rings is 1. The molecule has 1 fully saturated rings. The number of para-hydroxylation sites is 1. The Balaban J connectivity index is 1.82. The van der Waals surface area contributed by atoms with Crippen LogP contribution in [0.15, 0.2) is 24.3 Å². The van der Waals surface area contributed by atoms with Crippen LogP contribution in [0.4, 0.5) is 5.69 Å². The number of nitrogens with two attached hydrogens (primary N) is 1. The molecule has 4 N–H and O–H groups in total. The Kier molecular flexibility index (Phi) is 5.38. The molecule has 5 heteroatoms. The number of nitrogen functional groups attached to an aromatic ring is 1. The molecule has 1 saturated heterocycles. The second-order valence-corrected chi connectivity index (χ2v) is 5.51. The van der Waals surface area contributed by atoms with Crippen molar-refractivity contribution in [2.75, 3.05) is 31.6 Å². The monoisotopic (exact) mass is 276 g/mol. The Bertz CT molecular complexity index is 443. The summed E-state index contributed by atoms with van der Waals surface area (Å²) in [4.78, 5) is 14.6. The molecule has 1 aromatic carbocycles. The maximum Gasteiger partial charge on any atom is 0.253 e. The molecule has 1 heterocycles. The van der Waals surface area contributed by atoms with Gasteiger partial charge in [-0.2, -0.15) is 0 Å². The van der Waals surface area contributed by atoms with Gasteiger partial charge in [0.1, 0.15) is 0 Å².